The molecule has 64 valence electrons. The molecule has 0 unspecified atom stereocenters. The molecule has 5 nitrogen and oxygen atoms in total. The Morgan fingerprint density at radius 2 is 2.00 bits per heavy atom. The van der Waals surface area contributed by atoms with Gasteiger partial charge < -0.3 is 0 Å². The molecule has 0 spiro atoms. The van der Waals surface area contributed by atoms with Crippen LogP contribution >= 0.6 is 0 Å². The molecule has 0 aromatic rings. The van der Waals surface area contributed by atoms with E-state index in [-0.39, 0.29) is 0 Å². The molecule has 0 atom stereocenters. The van der Waals surface area contributed by atoms with Gasteiger partial charge in [-0.05, 0) is 18.8 Å². The Hall–Kier alpha value is -1.39. The summed E-state index contributed by atoms with van der Waals surface area (Å²) in [7, 11) is 0. The van der Waals surface area contributed by atoms with Crippen LogP contribution < -0.4 is 5.32 Å². The lowest BCUT2D eigenvalue weighted by Crippen LogP contribution is -2.32. The fourth-order valence-electron chi connectivity index (χ4n) is 1.16. The lowest BCUT2D eigenvalue weighted by molar-refractivity contribution is -0.140. The monoisotopic (exact) mass is 168 g/mol. The Labute approximate surface area is 68.7 Å². The van der Waals surface area contributed by atoms with Gasteiger partial charge >= 0.3 is 17.8 Å². The van der Waals surface area contributed by atoms with Gasteiger partial charge in [0.2, 0.25) is 0 Å². The molecule has 1 saturated heterocycles. The molecule has 4 amide bonds. The molecule has 2 aliphatic rings. The molecule has 2 rings (SSSR count). The fourth-order valence-corrected chi connectivity index (χ4v) is 1.16. The molecule has 12 heavy (non-hydrogen) atoms. The standard InChI is InChI=1S/C7H8N2O3/c10-5-6(11)9(7(12)8-5)3-4-1-2-4/h4H,1-3H2,(H,8,10,12). The van der Waals surface area contributed by atoms with E-state index in [0.29, 0.717) is 12.5 Å². The number of imide groups is 2. The summed E-state index contributed by atoms with van der Waals surface area (Å²) in [5, 5.41) is 1.95. The lowest BCUT2D eigenvalue weighted by Gasteiger charge is -2.08. The first-order chi connectivity index (χ1) is 5.68. The third kappa shape index (κ3) is 1.07. The fraction of sp³-hybridized carbons (Fsp3) is 0.571. The zero-order valence-electron chi connectivity index (χ0n) is 6.37. The summed E-state index contributed by atoms with van der Waals surface area (Å²) in [6.45, 7) is 0.399. The molecule has 1 N–H and O–H groups in total. The van der Waals surface area contributed by atoms with Crippen molar-refractivity contribution in [3.8, 4) is 0 Å². The van der Waals surface area contributed by atoms with E-state index in [0.717, 1.165) is 17.7 Å². The van der Waals surface area contributed by atoms with Crippen molar-refractivity contribution >= 4 is 17.8 Å². The Balaban J connectivity index is 2.06. The van der Waals surface area contributed by atoms with Crippen molar-refractivity contribution in [2.24, 2.45) is 5.92 Å². The normalized spacial score (nSPS) is 23.3. The van der Waals surface area contributed by atoms with Crippen molar-refractivity contribution in [3.63, 3.8) is 0 Å². The van der Waals surface area contributed by atoms with Crippen LogP contribution in [-0.4, -0.2) is 29.3 Å². The van der Waals surface area contributed by atoms with Crippen molar-refractivity contribution in [1.29, 1.82) is 0 Å². The second kappa shape index (κ2) is 2.30. The van der Waals surface area contributed by atoms with Crippen molar-refractivity contribution in [2.45, 2.75) is 12.8 Å². The summed E-state index contributed by atoms with van der Waals surface area (Å²) in [6.07, 6.45) is 2.09. The number of amides is 4. The SMILES string of the molecule is O=C1NC(=O)N(CC2CC2)C1=O. The highest BCUT2D eigenvalue weighted by molar-refractivity contribution is 6.44. The van der Waals surface area contributed by atoms with E-state index < -0.39 is 17.8 Å². The van der Waals surface area contributed by atoms with Crippen molar-refractivity contribution in [2.75, 3.05) is 6.54 Å². The highest BCUT2D eigenvalue weighted by Gasteiger charge is 2.39. The second-order valence-electron chi connectivity index (χ2n) is 3.12. The number of nitrogens with zero attached hydrogens (tertiary/aromatic N) is 1. The largest absolute Gasteiger partial charge is 0.331 e. The van der Waals surface area contributed by atoms with E-state index >= 15 is 0 Å². The third-order valence-electron chi connectivity index (χ3n) is 2.04. The molecule has 1 aliphatic carbocycles. The predicted octanol–water partition coefficient (Wildman–Crippen LogP) is -0.525. The zero-order chi connectivity index (χ0) is 8.72. The maximum Gasteiger partial charge on any atom is 0.331 e. The maximum absolute atomic E-state index is 11.0. The van der Waals surface area contributed by atoms with Crippen molar-refractivity contribution < 1.29 is 14.4 Å². The highest BCUT2D eigenvalue weighted by atomic mass is 16.2. The molecule has 0 aromatic heterocycles. The van der Waals surface area contributed by atoms with Crippen LogP contribution in [0.2, 0.25) is 0 Å². The minimum Gasteiger partial charge on any atom is -0.269 e. The van der Waals surface area contributed by atoms with Crippen LogP contribution in [0.3, 0.4) is 0 Å². The summed E-state index contributed by atoms with van der Waals surface area (Å²) in [6, 6.07) is -0.572. The van der Waals surface area contributed by atoms with Crippen LogP contribution in [0.5, 0.6) is 0 Å². The van der Waals surface area contributed by atoms with E-state index in [4.69, 9.17) is 0 Å². The second-order valence-corrected chi connectivity index (χ2v) is 3.12. The van der Waals surface area contributed by atoms with Crippen molar-refractivity contribution in [1.82, 2.24) is 10.2 Å². The van der Waals surface area contributed by atoms with Gasteiger partial charge in [0.1, 0.15) is 0 Å². The summed E-state index contributed by atoms with van der Waals surface area (Å²) in [5.41, 5.74) is 0. The summed E-state index contributed by atoms with van der Waals surface area (Å²) < 4.78 is 0. The number of nitrogens with one attached hydrogen (secondary N) is 1. The predicted molar refractivity (Wildman–Crippen MR) is 38.0 cm³/mol. The molecule has 1 aliphatic heterocycles. The average Bonchev–Trinajstić information content (AvgIpc) is 2.77. The molecule has 1 saturated carbocycles. The quantitative estimate of drug-likeness (QED) is 0.445. The van der Waals surface area contributed by atoms with Gasteiger partial charge in [0.05, 0.1) is 0 Å². The van der Waals surface area contributed by atoms with Gasteiger partial charge in [-0.1, -0.05) is 0 Å². The minimum atomic E-state index is -0.805. The van der Waals surface area contributed by atoms with E-state index in [9.17, 15) is 14.4 Å². The third-order valence-corrected chi connectivity index (χ3v) is 2.04. The first kappa shape index (κ1) is 7.27. The smallest absolute Gasteiger partial charge is 0.269 e. The van der Waals surface area contributed by atoms with Crippen LogP contribution in [0, 0.1) is 5.92 Å². The zero-order valence-corrected chi connectivity index (χ0v) is 6.37. The van der Waals surface area contributed by atoms with Crippen LogP contribution in [0.1, 0.15) is 12.8 Å². The highest BCUT2D eigenvalue weighted by Crippen LogP contribution is 2.30. The Kier molecular flexibility index (Phi) is 1.39. The summed E-state index contributed by atoms with van der Waals surface area (Å²) in [4.78, 5) is 33.6. The van der Waals surface area contributed by atoms with Gasteiger partial charge in [-0.15, -0.1) is 0 Å². The number of urea groups is 1. The van der Waals surface area contributed by atoms with E-state index in [1.807, 2.05) is 5.32 Å². The molecular weight excluding hydrogens is 160 g/mol. The Bertz CT molecular complexity index is 270. The minimum absolute atomic E-state index is 0.399. The number of rotatable bonds is 2. The van der Waals surface area contributed by atoms with Gasteiger partial charge in [-0.3, -0.25) is 19.8 Å². The molecule has 1 heterocycles. The molecule has 5 heteroatoms. The maximum atomic E-state index is 11.0. The van der Waals surface area contributed by atoms with Gasteiger partial charge in [-0.25, -0.2) is 4.79 Å². The molecule has 2 fully saturated rings. The Morgan fingerprint density at radius 3 is 2.42 bits per heavy atom. The van der Waals surface area contributed by atoms with Gasteiger partial charge in [-0.2, -0.15) is 0 Å². The van der Waals surface area contributed by atoms with Gasteiger partial charge in [0, 0.05) is 6.54 Å². The number of hydrogen-bond acceptors (Lipinski definition) is 3. The van der Waals surface area contributed by atoms with Crippen LogP contribution in [0.4, 0.5) is 4.79 Å². The van der Waals surface area contributed by atoms with E-state index in [2.05, 4.69) is 0 Å². The summed E-state index contributed by atoms with van der Waals surface area (Å²) >= 11 is 0. The van der Waals surface area contributed by atoms with Crippen LogP contribution in [-0.2, 0) is 9.59 Å². The van der Waals surface area contributed by atoms with Gasteiger partial charge in [0.15, 0.2) is 0 Å². The number of carbonyl (C=O) groups is 3. The number of hydrogen-bond donors (Lipinski definition) is 1. The molecular formula is C7H8N2O3. The molecule has 0 bridgehead atoms. The van der Waals surface area contributed by atoms with Crippen LogP contribution in [0.25, 0.3) is 0 Å². The Morgan fingerprint density at radius 1 is 1.33 bits per heavy atom. The molecule has 0 aromatic carbocycles. The summed E-state index contributed by atoms with van der Waals surface area (Å²) in [5.74, 6) is -1.10. The first-order valence-electron chi connectivity index (χ1n) is 3.85. The van der Waals surface area contributed by atoms with E-state index in [1.165, 1.54) is 0 Å². The lowest BCUT2D eigenvalue weighted by atomic mass is 10.4. The van der Waals surface area contributed by atoms with Crippen molar-refractivity contribution in [3.05, 3.63) is 0 Å². The van der Waals surface area contributed by atoms with Gasteiger partial charge in [0.25, 0.3) is 0 Å². The molecule has 0 radical (unpaired) electrons. The topological polar surface area (TPSA) is 66.5 Å². The first-order valence-corrected chi connectivity index (χ1v) is 3.85. The van der Waals surface area contributed by atoms with Crippen LogP contribution in [0.15, 0.2) is 0 Å². The number of carbonyl (C=O) groups excluding carboxylic acids is 3. The van der Waals surface area contributed by atoms with E-state index in [1.54, 1.807) is 0 Å². The average molecular weight is 168 g/mol.